The van der Waals surface area contributed by atoms with Gasteiger partial charge in [-0.15, -0.1) is 0 Å². The van der Waals surface area contributed by atoms with Crippen LogP contribution in [-0.4, -0.2) is 32.7 Å². The van der Waals surface area contributed by atoms with Crippen LogP contribution in [0, 0.1) is 5.92 Å². The average Bonchev–Trinajstić information content (AvgIpc) is 3.09. The Morgan fingerprint density at radius 2 is 1.96 bits per heavy atom. The number of methoxy groups -OCH3 is 1. The highest BCUT2D eigenvalue weighted by molar-refractivity contribution is 5.98. The van der Waals surface area contributed by atoms with Crippen molar-refractivity contribution in [2.24, 2.45) is 5.92 Å². The molecule has 2 aromatic rings. The van der Waals surface area contributed by atoms with Crippen LogP contribution < -0.4 is 20.1 Å². The molecular weight excluding hydrogens is 328 g/mol. The van der Waals surface area contributed by atoms with Gasteiger partial charge in [-0.1, -0.05) is 24.3 Å². The molecule has 1 amide bonds. The lowest BCUT2D eigenvalue weighted by atomic mass is 10.0. The SMILES string of the molecule is COc1ccccc1.O=C1NCc2ccc(OCC3CCCNC3)cc21. The molecular formula is C21H26N2O3. The first-order valence-corrected chi connectivity index (χ1v) is 9.10. The minimum absolute atomic E-state index is 0.00906. The summed E-state index contributed by atoms with van der Waals surface area (Å²) < 4.78 is 10.7. The summed E-state index contributed by atoms with van der Waals surface area (Å²) in [6, 6.07) is 15.5. The second-order valence-corrected chi connectivity index (χ2v) is 6.54. The summed E-state index contributed by atoms with van der Waals surface area (Å²) in [7, 11) is 1.66. The van der Waals surface area contributed by atoms with Crippen LogP contribution in [0.5, 0.6) is 11.5 Å². The largest absolute Gasteiger partial charge is 0.497 e. The number of benzene rings is 2. The van der Waals surface area contributed by atoms with Crippen LogP contribution in [0.3, 0.4) is 0 Å². The Labute approximate surface area is 154 Å². The fourth-order valence-electron chi connectivity index (χ4n) is 3.12. The lowest BCUT2D eigenvalue weighted by Gasteiger charge is -2.22. The summed E-state index contributed by atoms with van der Waals surface area (Å²) in [5.74, 6) is 2.31. The van der Waals surface area contributed by atoms with Gasteiger partial charge in [0.1, 0.15) is 11.5 Å². The van der Waals surface area contributed by atoms with Crippen LogP contribution in [0.2, 0.25) is 0 Å². The molecule has 1 atom stereocenters. The lowest BCUT2D eigenvalue weighted by molar-refractivity contribution is 0.0965. The van der Waals surface area contributed by atoms with E-state index in [0.717, 1.165) is 42.3 Å². The van der Waals surface area contributed by atoms with Crippen molar-refractivity contribution in [1.29, 1.82) is 0 Å². The van der Waals surface area contributed by atoms with Crippen LogP contribution in [0.4, 0.5) is 0 Å². The summed E-state index contributed by atoms with van der Waals surface area (Å²) in [4.78, 5) is 11.5. The van der Waals surface area contributed by atoms with Crippen LogP contribution in [0.15, 0.2) is 48.5 Å². The van der Waals surface area contributed by atoms with Gasteiger partial charge in [-0.3, -0.25) is 4.79 Å². The van der Waals surface area contributed by atoms with Crippen molar-refractivity contribution in [3.63, 3.8) is 0 Å². The zero-order chi connectivity index (χ0) is 18.2. The molecule has 4 rings (SSSR count). The van der Waals surface area contributed by atoms with Crippen molar-refractivity contribution in [2.75, 3.05) is 26.8 Å². The normalized spacial score (nSPS) is 18.2. The van der Waals surface area contributed by atoms with Gasteiger partial charge in [-0.05, 0) is 49.2 Å². The number of fused-ring (bicyclic) bond motifs is 1. The molecule has 2 aliphatic heterocycles. The fourth-order valence-corrected chi connectivity index (χ4v) is 3.12. The molecule has 2 aromatic carbocycles. The van der Waals surface area contributed by atoms with Crippen LogP contribution >= 0.6 is 0 Å². The maximum Gasteiger partial charge on any atom is 0.252 e. The summed E-state index contributed by atoms with van der Waals surface area (Å²) in [6.45, 7) is 3.52. The molecule has 5 nitrogen and oxygen atoms in total. The van der Waals surface area contributed by atoms with E-state index in [4.69, 9.17) is 9.47 Å². The van der Waals surface area contributed by atoms with Gasteiger partial charge < -0.3 is 20.1 Å². The standard InChI is InChI=1S/C14H18N2O2.C7H8O/c17-14-13-6-12(4-3-11(13)8-16-14)18-9-10-2-1-5-15-7-10;1-8-7-5-3-2-4-6-7/h3-4,6,10,15H,1-2,5,7-9H2,(H,16,17);2-6H,1H3. The van der Waals surface area contributed by atoms with Crippen molar-refractivity contribution in [3.8, 4) is 11.5 Å². The molecule has 1 unspecified atom stereocenters. The molecule has 138 valence electrons. The number of para-hydroxylation sites is 1. The molecule has 0 spiro atoms. The first-order valence-electron chi connectivity index (χ1n) is 9.10. The highest BCUT2D eigenvalue weighted by Gasteiger charge is 2.19. The molecule has 0 aromatic heterocycles. The Kier molecular flexibility index (Phi) is 6.50. The molecule has 2 N–H and O–H groups in total. The van der Waals surface area contributed by atoms with E-state index in [-0.39, 0.29) is 5.91 Å². The summed E-state index contributed by atoms with van der Waals surface area (Å²) in [6.07, 6.45) is 2.44. The van der Waals surface area contributed by atoms with E-state index in [0.29, 0.717) is 12.5 Å². The van der Waals surface area contributed by atoms with E-state index in [1.54, 1.807) is 7.11 Å². The molecule has 1 fully saturated rings. The minimum Gasteiger partial charge on any atom is -0.497 e. The van der Waals surface area contributed by atoms with Gasteiger partial charge in [0.2, 0.25) is 0 Å². The first kappa shape index (κ1) is 18.3. The van der Waals surface area contributed by atoms with Crippen molar-refractivity contribution in [3.05, 3.63) is 59.7 Å². The van der Waals surface area contributed by atoms with Crippen LogP contribution in [-0.2, 0) is 6.54 Å². The second kappa shape index (κ2) is 9.25. The zero-order valence-corrected chi connectivity index (χ0v) is 15.2. The Morgan fingerprint density at radius 1 is 1.12 bits per heavy atom. The Balaban J connectivity index is 0.000000206. The number of piperidine rings is 1. The number of ether oxygens (including phenoxy) is 2. The molecule has 0 radical (unpaired) electrons. The number of hydrogen-bond acceptors (Lipinski definition) is 4. The van der Waals surface area contributed by atoms with E-state index in [1.807, 2.05) is 48.5 Å². The summed E-state index contributed by atoms with van der Waals surface area (Å²) >= 11 is 0. The number of carbonyl (C=O) groups excluding carboxylic acids is 1. The third-order valence-corrected chi connectivity index (χ3v) is 4.63. The fraction of sp³-hybridized carbons (Fsp3) is 0.381. The number of carbonyl (C=O) groups is 1. The van der Waals surface area contributed by atoms with Crippen molar-refractivity contribution >= 4 is 5.91 Å². The Bertz CT molecular complexity index is 712. The summed E-state index contributed by atoms with van der Waals surface area (Å²) in [5.41, 5.74) is 1.82. The van der Waals surface area contributed by atoms with Crippen LogP contribution in [0.1, 0.15) is 28.8 Å². The highest BCUT2D eigenvalue weighted by Crippen LogP contribution is 2.22. The monoisotopic (exact) mass is 354 g/mol. The maximum atomic E-state index is 11.5. The smallest absolute Gasteiger partial charge is 0.252 e. The lowest BCUT2D eigenvalue weighted by Crippen LogP contribution is -2.33. The van der Waals surface area contributed by atoms with Gasteiger partial charge >= 0.3 is 0 Å². The predicted molar refractivity (Wildman–Crippen MR) is 102 cm³/mol. The third-order valence-electron chi connectivity index (χ3n) is 4.63. The molecule has 1 saturated heterocycles. The van der Waals surface area contributed by atoms with Crippen molar-refractivity contribution in [2.45, 2.75) is 19.4 Å². The number of rotatable bonds is 4. The highest BCUT2D eigenvalue weighted by atomic mass is 16.5. The average molecular weight is 354 g/mol. The molecule has 2 aliphatic rings. The first-order chi connectivity index (χ1) is 12.8. The molecule has 0 aliphatic carbocycles. The van der Waals surface area contributed by atoms with Gasteiger partial charge in [0.15, 0.2) is 0 Å². The number of hydrogen-bond donors (Lipinski definition) is 2. The van der Waals surface area contributed by atoms with Crippen molar-refractivity contribution < 1.29 is 14.3 Å². The molecule has 5 heteroatoms. The second-order valence-electron chi connectivity index (χ2n) is 6.54. The van der Waals surface area contributed by atoms with E-state index in [1.165, 1.54) is 12.8 Å². The zero-order valence-electron chi connectivity index (χ0n) is 15.2. The summed E-state index contributed by atoms with van der Waals surface area (Å²) in [5, 5.41) is 6.19. The van der Waals surface area contributed by atoms with Gasteiger partial charge in [-0.25, -0.2) is 0 Å². The quantitative estimate of drug-likeness (QED) is 0.886. The number of amides is 1. The number of nitrogens with one attached hydrogen (secondary N) is 2. The Morgan fingerprint density at radius 3 is 2.65 bits per heavy atom. The van der Waals surface area contributed by atoms with Crippen LogP contribution in [0.25, 0.3) is 0 Å². The predicted octanol–water partition coefficient (Wildman–Crippen LogP) is 3.00. The molecule has 26 heavy (non-hydrogen) atoms. The van der Waals surface area contributed by atoms with E-state index in [9.17, 15) is 4.79 Å². The maximum absolute atomic E-state index is 11.5. The third kappa shape index (κ3) is 4.99. The Hall–Kier alpha value is -2.53. The van der Waals surface area contributed by atoms with Gasteiger partial charge in [-0.2, -0.15) is 0 Å². The van der Waals surface area contributed by atoms with E-state index < -0.39 is 0 Å². The van der Waals surface area contributed by atoms with Gasteiger partial charge in [0.05, 0.1) is 13.7 Å². The van der Waals surface area contributed by atoms with E-state index in [2.05, 4.69) is 10.6 Å². The van der Waals surface area contributed by atoms with Gasteiger partial charge in [0.25, 0.3) is 5.91 Å². The van der Waals surface area contributed by atoms with Gasteiger partial charge in [0, 0.05) is 24.6 Å². The molecule has 0 bridgehead atoms. The van der Waals surface area contributed by atoms with E-state index >= 15 is 0 Å². The molecule has 0 saturated carbocycles. The molecule has 2 heterocycles. The minimum atomic E-state index is 0.00906. The topological polar surface area (TPSA) is 59.6 Å². The van der Waals surface area contributed by atoms with Crippen molar-refractivity contribution in [1.82, 2.24) is 10.6 Å².